The highest BCUT2D eigenvalue weighted by Gasteiger charge is 2.33. The van der Waals surface area contributed by atoms with Crippen LogP contribution in [0.3, 0.4) is 0 Å². The molecule has 0 aliphatic carbocycles. The molecule has 1 rings (SSSR count). The van der Waals surface area contributed by atoms with Gasteiger partial charge in [-0.2, -0.15) is 0 Å². The first-order valence-corrected chi connectivity index (χ1v) is 7.47. The zero-order chi connectivity index (χ0) is 14.0. The molecular weight excluding hydrogens is 254 g/mol. The van der Waals surface area contributed by atoms with Crippen molar-refractivity contribution in [2.75, 3.05) is 6.54 Å². The molecule has 0 aliphatic heterocycles. The van der Waals surface area contributed by atoms with E-state index in [2.05, 4.69) is 9.88 Å². The van der Waals surface area contributed by atoms with Gasteiger partial charge < -0.3 is 10.3 Å². The second kappa shape index (κ2) is 5.38. The third-order valence-electron chi connectivity index (χ3n) is 3.33. The Hall–Kier alpha value is -0.920. The van der Waals surface area contributed by atoms with Crippen LogP contribution in [0.1, 0.15) is 38.1 Å². The van der Waals surface area contributed by atoms with Gasteiger partial charge >= 0.3 is 0 Å². The van der Waals surface area contributed by atoms with Crippen molar-refractivity contribution in [2.45, 2.75) is 51.0 Å². The molecule has 0 saturated carbocycles. The van der Waals surface area contributed by atoms with Crippen LogP contribution in [-0.2, 0) is 10.0 Å². The average Bonchev–Trinajstić information content (AvgIpc) is 2.67. The maximum absolute atomic E-state index is 12.4. The third kappa shape index (κ3) is 2.73. The summed E-state index contributed by atoms with van der Waals surface area (Å²) in [5.41, 5.74) is 5.44. The summed E-state index contributed by atoms with van der Waals surface area (Å²) in [7, 11) is -3.66. The molecule has 0 atom stereocenters. The van der Waals surface area contributed by atoms with Gasteiger partial charge in [-0.1, -0.05) is 19.0 Å². The number of nitrogens with zero attached hydrogens (tertiary/aromatic N) is 1. The van der Waals surface area contributed by atoms with E-state index in [0.717, 1.165) is 0 Å². The fourth-order valence-electron chi connectivity index (χ4n) is 1.92. The summed E-state index contributed by atoms with van der Waals surface area (Å²) < 4.78 is 32.3. The Morgan fingerprint density at radius 3 is 2.22 bits per heavy atom. The Kier molecular flexibility index (Phi) is 4.52. The van der Waals surface area contributed by atoms with Crippen molar-refractivity contribution in [2.24, 2.45) is 5.73 Å². The minimum absolute atomic E-state index is 0.113. The summed E-state index contributed by atoms with van der Waals surface area (Å²) in [4.78, 5) is 0.113. The molecule has 0 amide bonds. The van der Waals surface area contributed by atoms with Crippen LogP contribution < -0.4 is 10.5 Å². The zero-order valence-corrected chi connectivity index (χ0v) is 12.1. The molecule has 6 nitrogen and oxygen atoms in total. The molecule has 1 heterocycles. The molecule has 0 aliphatic rings. The molecule has 1 aromatic heterocycles. The van der Waals surface area contributed by atoms with E-state index in [0.29, 0.717) is 18.5 Å². The quantitative estimate of drug-likeness (QED) is 0.809. The molecule has 0 fully saturated rings. The van der Waals surface area contributed by atoms with Crippen molar-refractivity contribution in [1.82, 2.24) is 9.88 Å². The van der Waals surface area contributed by atoms with Crippen LogP contribution >= 0.6 is 0 Å². The number of rotatable bonds is 6. The lowest BCUT2D eigenvalue weighted by molar-refractivity contribution is 0.362. The fourth-order valence-corrected chi connectivity index (χ4v) is 3.81. The molecule has 0 radical (unpaired) electrons. The topological polar surface area (TPSA) is 98.2 Å². The number of hydrogen-bond donors (Lipinski definition) is 2. The predicted molar refractivity (Wildman–Crippen MR) is 68.7 cm³/mol. The van der Waals surface area contributed by atoms with Crippen LogP contribution in [-0.4, -0.2) is 25.7 Å². The molecule has 0 unspecified atom stereocenters. The SMILES string of the molecule is CCC(CC)(CN)NS(=O)(=O)c1c(C)noc1C. The number of aromatic nitrogens is 1. The molecule has 1 aromatic rings. The Morgan fingerprint density at radius 1 is 1.33 bits per heavy atom. The fraction of sp³-hybridized carbons (Fsp3) is 0.727. The normalized spacial score (nSPS) is 12.9. The highest BCUT2D eigenvalue weighted by molar-refractivity contribution is 7.89. The van der Waals surface area contributed by atoms with Crippen LogP contribution in [0.25, 0.3) is 0 Å². The Bertz CT molecular complexity index is 476. The second-order valence-electron chi connectivity index (χ2n) is 4.45. The van der Waals surface area contributed by atoms with Gasteiger partial charge in [0.2, 0.25) is 10.0 Å². The van der Waals surface area contributed by atoms with E-state index in [9.17, 15) is 8.42 Å². The summed E-state index contributed by atoms with van der Waals surface area (Å²) in [5.74, 6) is 0.290. The minimum atomic E-state index is -3.66. The van der Waals surface area contributed by atoms with Gasteiger partial charge in [0.1, 0.15) is 10.6 Å². The maximum Gasteiger partial charge on any atom is 0.246 e. The first kappa shape index (κ1) is 15.1. The third-order valence-corrected chi connectivity index (χ3v) is 5.15. The van der Waals surface area contributed by atoms with Gasteiger partial charge in [0, 0.05) is 12.1 Å². The summed E-state index contributed by atoms with van der Waals surface area (Å²) in [5, 5.41) is 3.66. The molecule has 104 valence electrons. The van der Waals surface area contributed by atoms with E-state index in [-0.39, 0.29) is 17.2 Å². The van der Waals surface area contributed by atoms with Crippen LogP contribution in [0.2, 0.25) is 0 Å². The van der Waals surface area contributed by atoms with Crippen LogP contribution in [0.15, 0.2) is 9.42 Å². The molecule has 0 spiro atoms. The van der Waals surface area contributed by atoms with Crippen molar-refractivity contribution in [3.63, 3.8) is 0 Å². The Balaban J connectivity index is 3.17. The molecule has 0 bridgehead atoms. The van der Waals surface area contributed by atoms with E-state index in [1.165, 1.54) is 0 Å². The van der Waals surface area contributed by atoms with E-state index >= 15 is 0 Å². The highest BCUT2D eigenvalue weighted by atomic mass is 32.2. The molecule has 7 heteroatoms. The molecule has 3 N–H and O–H groups in total. The first-order chi connectivity index (χ1) is 8.32. The second-order valence-corrected chi connectivity index (χ2v) is 6.07. The van der Waals surface area contributed by atoms with Gasteiger partial charge in [0.15, 0.2) is 5.76 Å². The minimum Gasteiger partial charge on any atom is -0.360 e. The number of hydrogen-bond acceptors (Lipinski definition) is 5. The molecule has 18 heavy (non-hydrogen) atoms. The van der Waals surface area contributed by atoms with Gasteiger partial charge in [-0.05, 0) is 26.7 Å². The van der Waals surface area contributed by atoms with Crippen molar-refractivity contribution in [3.8, 4) is 0 Å². The van der Waals surface area contributed by atoms with Gasteiger partial charge in [0.05, 0.1) is 0 Å². The highest BCUT2D eigenvalue weighted by Crippen LogP contribution is 2.23. The van der Waals surface area contributed by atoms with Crippen LogP contribution in [0.5, 0.6) is 0 Å². The summed E-state index contributed by atoms with van der Waals surface area (Å²) in [6, 6.07) is 0. The number of sulfonamides is 1. The van der Waals surface area contributed by atoms with E-state index in [1.807, 2.05) is 13.8 Å². The van der Waals surface area contributed by atoms with Crippen LogP contribution in [0, 0.1) is 13.8 Å². The van der Waals surface area contributed by atoms with Gasteiger partial charge in [-0.3, -0.25) is 0 Å². The van der Waals surface area contributed by atoms with Crippen molar-refractivity contribution in [1.29, 1.82) is 0 Å². The van der Waals surface area contributed by atoms with E-state index in [4.69, 9.17) is 10.3 Å². The van der Waals surface area contributed by atoms with Gasteiger partial charge in [0.25, 0.3) is 0 Å². The number of nitrogens with one attached hydrogen (secondary N) is 1. The maximum atomic E-state index is 12.4. The smallest absolute Gasteiger partial charge is 0.246 e. The number of aryl methyl sites for hydroxylation is 2. The van der Waals surface area contributed by atoms with Gasteiger partial charge in [-0.25, -0.2) is 13.1 Å². The van der Waals surface area contributed by atoms with E-state index in [1.54, 1.807) is 13.8 Å². The molecular formula is C11H21N3O3S. The lowest BCUT2D eigenvalue weighted by atomic mass is 9.95. The lowest BCUT2D eigenvalue weighted by Gasteiger charge is -2.30. The van der Waals surface area contributed by atoms with Gasteiger partial charge in [-0.15, -0.1) is 0 Å². The Labute approximate surface area is 108 Å². The summed E-state index contributed by atoms with van der Waals surface area (Å²) >= 11 is 0. The predicted octanol–water partition coefficient (Wildman–Crippen LogP) is 1.09. The standard InChI is InChI=1S/C11H21N3O3S/c1-5-11(6-2,7-12)14-18(15,16)10-8(3)13-17-9(10)4/h14H,5-7,12H2,1-4H3. The summed E-state index contributed by atoms with van der Waals surface area (Å²) in [6.45, 7) is 7.25. The zero-order valence-electron chi connectivity index (χ0n) is 11.3. The first-order valence-electron chi connectivity index (χ1n) is 5.99. The van der Waals surface area contributed by atoms with Crippen molar-refractivity contribution < 1.29 is 12.9 Å². The van der Waals surface area contributed by atoms with E-state index < -0.39 is 15.6 Å². The monoisotopic (exact) mass is 275 g/mol. The lowest BCUT2D eigenvalue weighted by Crippen LogP contribution is -2.52. The summed E-state index contributed by atoms with van der Waals surface area (Å²) in [6.07, 6.45) is 1.26. The van der Waals surface area contributed by atoms with Crippen molar-refractivity contribution in [3.05, 3.63) is 11.5 Å². The average molecular weight is 275 g/mol. The van der Waals surface area contributed by atoms with Crippen molar-refractivity contribution >= 4 is 10.0 Å². The molecule has 0 aromatic carbocycles. The molecule has 0 saturated heterocycles. The van der Waals surface area contributed by atoms with Crippen LogP contribution in [0.4, 0.5) is 0 Å². The Morgan fingerprint density at radius 2 is 1.89 bits per heavy atom. The largest absolute Gasteiger partial charge is 0.360 e. The number of nitrogens with two attached hydrogens (primary N) is 1.